The van der Waals surface area contributed by atoms with Gasteiger partial charge in [-0.25, -0.2) is 13.8 Å². The molecule has 70 valence electrons. The van der Waals surface area contributed by atoms with Crippen molar-refractivity contribution in [2.75, 3.05) is 6.54 Å². The molecule has 2 N–H and O–H groups in total. The Balaban J connectivity index is 3.59. The highest BCUT2D eigenvalue weighted by Gasteiger charge is 2.04. The molecule has 0 aromatic carbocycles. The van der Waals surface area contributed by atoms with E-state index in [4.69, 9.17) is 5.73 Å². The van der Waals surface area contributed by atoms with Crippen molar-refractivity contribution < 1.29 is 8.78 Å². The van der Waals surface area contributed by atoms with Crippen LogP contribution in [0.4, 0.5) is 8.78 Å². The Hall–Kier alpha value is -0.730. The lowest BCUT2D eigenvalue weighted by Gasteiger charge is -2.02. The second kappa shape index (κ2) is 6.95. The zero-order valence-corrected chi connectivity index (χ0v) is 7.13. The van der Waals surface area contributed by atoms with Crippen molar-refractivity contribution in [3.05, 3.63) is 6.08 Å². The molecule has 0 fully saturated rings. The number of aliphatic imine (C=N–C) groups is 1. The van der Waals surface area contributed by atoms with Gasteiger partial charge in [-0.05, 0) is 25.3 Å². The average Bonchev–Trinajstić information content (AvgIpc) is 2.01. The van der Waals surface area contributed by atoms with Gasteiger partial charge in [0.05, 0.1) is 0 Å². The van der Waals surface area contributed by atoms with Crippen LogP contribution in [0.1, 0.15) is 19.8 Å². The Morgan fingerprint density at radius 1 is 1.50 bits per heavy atom. The smallest absolute Gasteiger partial charge is 0.238 e. The fourth-order valence-corrected chi connectivity index (χ4v) is 0.642. The third kappa shape index (κ3) is 7.38. The third-order valence-electron chi connectivity index (χ3n) is 1.26. The summed E-state index contributed by atoms with van der Waals surface area (Å²) < 4.78 is 23.3. The number of hydrogen-bond donors (Lipinski definition) is 1. The summed E-state index contributed by atoms with van der Waals surface area (Å²) in [7, 11) is 0. The molecule has 0 saturated carbocycles. The minimum Gasteiger partial charge on any atom is -0.324 e. The molecular formula is C8H14F2N2. The van der Waals surface area contributed by atoms with E-state index in [0.717, 1.165) is 0 Å². The van der Waals surface area contributed by atoms with Gasteiger partial charge in [-0.1, -0.05) is 0 Å². The lowest BCUT2D eigenvalue weighted by molar-refractivity contribution is 0.133. The highest BCUT2D eigenvalue weighted by molar-refractivity contribution is 5.52. The molecule has 0 aromatic rings. The molecule has 12 heavy (non-hydrogen) atoms. The second-order valence-electron chi connectivity index (χ2n) is 2.40. The van der Waals surface area contributed by atoms with Crippen LogP contribution in [0.15, 0.2) is 11.1 Å². The molecule has 0 rings (SSSR count). The van der Waals surface area contributed by atoms with Crippen molar-refractivity contribution >= 4 is 5.87 Å². The first-order valence-electron chi connectivity index (χ1n) is 3.96. The molecule has 4 heteroatoms. The standard InChI is InChI=1S/C8H14F2N2/c1-2-12-6-5-7(11)3-4-8(9)10/h5,7-8H,2-4,11H2,1H3/t7-/m0/s1. The molecule has 0 heterocycles. The number of nitrogens with zero attached hydrogens (tertiary/aromatic N) is 1. The van der Waals surface area contributed by atoms with Crippen molar-refractivity contribution in [2.45, 2.75) is 32.2 Å². The SMILES string of the molecule is CCN=C=C[C@@H](N)CCC(F)F. The predicted octanol–water partition coefficient (Wildman–Crippen LogP) is 1.60. The van der Waals surface area contributed by atoms with E-state index >= 15 is 0 Å². The fourth-order valence-electron chi connectivity index (χ4n) is 0.642. The Bertz CT molecular complexity index is 162. The molecule has 0 amide bonds. The van der Waals surface area contributed by atoms with Crippen LogP contribution in [0.25, 0.3) is 0 Å². The molecule has 0 bridgehead atoms. The minimum atomic E-state index is -2.27. The fraction of sp³-hybridized carbons (Fsp3) is 0.750. The lowest BCUT2D eigenvalue weighted by atomic mass is 10.2. The van der Waals surface area contributed by atoms with Crippen molar-refractivity contribution in [3.63, 3.8) is 0 Å². The normalized spacial score (nSPS) is 12.4. The zero-order chi connectivity index (χ0) is 9.40. The van der Waals surface area contributed by atoms with Gasteiger partial charge in [0.1, 0.15) is 0 Å². The maximum Gasteiger partial charge on any atom is 0.238 e. The molecule has 0 saturated heterocycles. The molecule has 0 aliphatic heterocycles. The Labute approximate surface area is 71.2 Å². The maximum atomic E-state index is 11.7. The molecule has 0 aliphatic rings. The number of nitrogens with two attached hydrogens (primary N) is 1. The summed E-state index contributed by atoms with van der Waals surface area (Å²) in [5, 5.41) is 0. The topological polar surface area (TPSA) is 38.4 Å². The van der Waals surface area contributed by atoms with Crippen molar-refractivity contribution in [3.8, 4) is 0 Å². The number of alkyl halides is 2. The highest BCUT2D eigenvalue weighted by Crippen LogP contribution is 2.04. The van der Waals surface area contributed by atoms with E-state index in [0.29, 0.717) is 6.54 Å². The molecular weight excluding hydrogens is 162 g/mol. The summed E-state index contributed by atoms with van der Waals surface area (Å²) in [4.78, 5) is 3.77. The summed E-state index contributed by atoms with van der Waals surface area (Å²) in [5.41, 5.74) is 5.45. The van der Waals surface area contributed by atoms with Crippen LogP contribution in [-0.4, -0.2) is 24.9 Å². The number of rotatable bonds is 5. The van der Waals surface area contributed by atoms with Crippen molar-refractivity contribution in [1.29, 1.82) is 0 Å². The van der Waals surface area contributed by atoms with Gasteiger partial charge in [-0.15, -0.1) is 0 Å². The zero-order valence-electron chi connectivity index (χ0n) is 7.13. The molecule has 0 aliphatic carbocycles. The Kier molecular flexibility index (Phi) is 6.53. The van der Waals surface area contributed by atoms with Gasteiger partial charge >= 0.3 is 0 Å². The summed E-state index contributed by atoms with van der Waals surface area (Å²) in [6, 6.07) is -0.353. The van der Waals surface area contributed by atoms with Gasteiger partial charge in [0.2, 0.25) is 6.43 Å². The molecule has 0 spiro atoms. The Morgan fingerprint density at radius 2 is 2.17 bits per heavy atom. The predicted molar refractivity (Wildman–Crippen MR) is 45.8 cm³/mol. The van der Waals surface area contributed by atoms with E-state index in [1.165, 1.54) is 6.08 Å². The van der Waals surface area contributed by atoms with E-state index in [2.05, 4.69) is 10.9 Å². The van der Waals surface area contributed by atoms with Gasteiger partial charge in [0.15, 0.2) is 0 Å². The van der Waals surface area contributed by atoms with Gasteiger partial charge in [-0.2, -0.15) is 0 Å². The van der Waals surface area contributed by atoms with Crippen LogP contribution >= 0.6 is 0 Å². The summed E-state index contributed by atoms with van der Waals surface area (Å²) >= 11 is 0. The van der Waals surface area contributed by atoms with Crippen LogP contribution in [0.3, 0.4) is 0 Å². The van der Waals surface area contributed by atoms with E-state index in [1.54, 1.807) is 0 Å². The summed E-state index contributed by atoms with van der Waals surface area (Å²) in [6.45, 7) is 2.50. The van der Waals surface area contributed by atoms with Crippen LogP contribution in [-0.2, 0) is 0 Å². The molecule has 0 unspecified atom stereocenters. The van der Waals surface area contributed by atoms with Crippen LogP contribution < -0.4 is 5.73 Å². The first-order chi connectivity index (χ1) is 5.66. The van der Waals surface area contributed by atoms with Crippen LogP contribution in [0, 0.1) is 0 Å². The van der Waals surface area contributed by atoms with E-state index in [-0.39, 0.29) is 18.9 Å². The van der Waals surface area contributed by atoms with Gasteiger partial charge in [0.25, 0.3) is 0 Å². The van der Waals surface area contributed by atoms with E-state index in [9.17, 15) is 8.78 Å². The van der Waals surface area contributed by atoms with Crippen LogP contribution in [0.5, 0.6) is 0 Å². The second-order valence-corrected chi connectivity index (χ2v) is 2.40. The van der Waals surface area contributed by atoms with E-state index in [1.807, 2.05) is 6.92 Å². The first kappa shape index (κ1) is 11.3. The third-order valence-corrected chi connectivity index (χ3v) is 1.26. The monoisotopic (exact) mass is 176 g/mol. The molecule has 0 radical (unpaired) electrons. The van der Waals surface area contributed by atoms with Gasteiger partial charge < -0.3 is 5.73 Å². The minimum absolute atomic E-state index is 0.161. The molecule has 1 atom stereocenters. The lowest BCUT2D eigenvalue weighted by Crippen LogP contribution is -2.17. The molecule has 0 aromatic heterocycles. The van der Waals surface area contributed by atoms with Crippen molar-refractivity contribution in [2.24, 2.45) is 10.7 Å². The van der Waals surface area contributed by atoms with Gasteiger partial charge in [0, 0.05) is 19.0 Å². The largest absolute Gasteiger partial charge is 0.324 e. The first-order valence-corrected chi connectivity index (χ1v) is 3.96. The summed E-state index contributed by atoms with van der Waals surface area (Å²) in [6.07, 6.45) is -0.631. The van der Waals surface area contributed by atoms with E-state index < -0.39 is 6.43 Å². The molecule has 2 nitrogen and oxygen atoms in total. The van der Waals surface area contributed by atoms with Crippen molar-refractivity contribution in [1.82, 2.24) is 0 Å². The maximum absolute atomic E-state index is 11.7. The quantitative estimate of drug-likeness (QED) is 0.635. The number of halogens is 2. The highest BCUT2D eigenvalue weighted by atomic mass is 19.3. The average molecular weight is 176 g/mol. The number of hydrogen-bond acceptors (Lipinski definition) is 2. The summed E-state index contributed by atoms with van der Waals surface area (Å²) in [5.74, 6) is 2.59. The van der Waals surface area contributed by atoms with Gasteiger partial charge in [-0.3, -0.25) is 0 Å². The van der Waals surface area contributed by atoms with Crippen LogP contribution in [0.2, 0.25) is 0 Å². The Morgan fingerprint density at radius 3 is 2.67 bits per heavy atom.